The number of rotatable bonds is 2. The van der Waals surface area contributed by atoms with E-state index in [2.05, 4.69) is 15.9 Å². The maximum atomic E-state index is 10.5. The number of ether oxygens (including phenoxy) is 1. The van der Waals surface area contributed by atoms with Crippen LogP contribution in [0.5, 0.6) is 5.75 Å². The van der Waals surface area contributed by atoms with Crippen molar-refractivity contribution in [2.24, 2.45) is 0 Å². The number of methoxy groups -OCH3 is 1. The highest BCUT2D eigenvalue weighted by Crippen LogP contribution is 2.28. The lowest BCUT2D eigenvalue weighted by Crippen LogP contribution is -2.07. The van der Waals surface area contributed by atoms with E-state index in [0.29, 0.717) is 10.2 Å². The molecule has 0 atom stereocenters. The van der Waals surface area contributed by atoms with Gasteiger partial charge in [-0.2, -0.15) is 0 Å². The monoisotopic (exact) mass is 232 g/mol. The van der Waals surface area contributed by atoms with E-state index in [-0.39, 0.29) is 10.9 Å². The molecule has 0 spiro atoms. The Morgan fingerprint density at radius 3 is 2.75 bits per heavy atom. The van der Waals surface area contributed by atoms with Crippen molar-refractivity contribution in [2.45, 2.75) is 0 Å². The van der Waals surface area contributed by atoms with Crippen molar-refractivity contribution >= 4 is 21.6 Å². The van der Waals surface area contributed by atoms with Gasteiger partial charge in [-0.3, -0.25) is 5.21 Å². The summed E-state index contributed by atoms with van der Waals surface area (Å²) >= 11 is 3.10. The van der Waals surface area contributed by atoms with Gasteiger partial charge in [0, 0.05) is 10.5 Å². The Kier molecular flexibility index (Phi) is 2.91. The van der Waals surface area contributed by atoms with E-state index in [0.717, 1.165) is 0 Å². The van der Waals surface area contributed by atoms with E-state index < -0.39 is 0 Å². The van der Waals surface area contributed by atoms with Gasteiger partial charge < -0.3 is 15.2 Å². The van der Waals surface area contributed by atoms with Crippen molar-refractivity contribution in [1.82, 2.24) is 0 Å². The molecule has 1 N–H and O–H groups in total. The van der Waals surface area contributed by atoms with Gasteiger partial charge >= 0.3 is 0 Å². The number of nitrogens with zero attached hydrogens (tertiary/aromatic N) is 1. The molecule has 0 aromatic heterocycles. The Bertz CT molecular complexity index is 277. The third-order valence-corrected chi connectivity index (χ3v) is 2.03. The fraction of sp³-hybridized carbons (Fsp3) is 0.143. The zero-order chi connectivity index (χ0) is 9.14. The molecule has 66 valence electrons. The molecule has 0 saturated carbocycles. The topological polar surface area (TPSA) is 55.8 Å². The quantitative estimate of drug-likeness (QED) is 0.795. The second-order valence-corrected chi connectivity index (χ2v) is 2.94. The van der Waals surface area contributed by atoms with E-state index in [1.54, 1.807) is 12.1 Å². The van der Waals surface area contributed by atoms with E-state index in [4.69, 9.17) is 9.94 Å². The number of anilines is 1. The normalized spacial score (nSPS) is 9.67. The standard InChI is InChI=1S/C7H7BrNO3/c1-12-5-2-3-6(8)7(4-5)9(10)11/h2-4,10H,1H3/q-1. The van der Waals surface area contributed by atoms with E-state index >= 15 is 0 Å². The molecule has 4 nitrogen and oxygen atoms in total. The van der Waals surface area contributed by atoms with Crippen LogP contribution >= 0.6 is 15.9 Å². The summed E-state index contributed by atoms with van der Waals surface area (Å²) in [6.07, 6.45) is 0. The molecule has 1 rings (SSSR count). The van der Waals surface area contributed by atoms with Crippen LogP contribution in [0.1, 0.15) is 0 Å². The first kappa shape index (κ1) is 9.31. The highest BCUT2D eigenvalue weighted by atomic mass is 79.9. The first-order valence-corrected chi connectivity index (χ1v) is 3.94. The van der Waals surface area contributed by atoms with Gasteiger partial charge in [0.2, 0.25) is 0 Å². The van der Waals surface area contributed by atoms with E-state index in [1.165, 1.54) is 13.2 Å². The summed E-state index contributed by atoms with van der Waals surface area (Å²) in [4.78, 5) is 0. The Morgan fingerprint density at radius 2 is 2.25 bits per heavy atom. The lowest BCUT2D eigenvalue weighted by molar-refractivity contribution is 0.295. The maximum Gasteiger partial charge on any atom is 0.121 e. The first-order chi connectivity index (χ1) is 5.65. The van der Waals surface area contributed by atoms with Crippen LogP contribution in [0.25, 0.3) is 0 Å². The van der Waals surface area contributed by atoms with Gasteiger partial charge in [-0.05, 0) is 28.1 Å². The molecule has 1 aromatic rings. The number of benzene rings is 1. The lowest BCUT2D eigenvalue weighted by Gasteiger charge is -2.23. The molecule has 0 bridgehead atoms. The summed E-state index contributed by atoms with van der Waals surface area (Å²) in [5.74, 6) is 0.517. The van der Waals surface area contributed by atoms with Crippen LogP contribution in [0.15, 0.2) is 22.7 Å². The fourth-order valence-corrected chi connectivity index (χ4v) is 1.16. The minimum absolute atomic E-state index is 0.120. The highest BCUT2D eigenvalue weighted by Gasteiger charge is 2.01. The van der Waals surface area contributed by atoms with Gasteiger partial charge in [-0.25, -0.2) is 0 Å². The Morgan fingerprint density at radius 1 is 1.58 bits per heavy atom. The number of halogens is 1. The average molecular weight is 233 g/mol. The van der Waals surface area contributed by atoms with Crippen LogP contribution in [0.2, 0.25) is 0 Å². The average Bonchev–Trinajstić information content (AvgIpc) is 2.05. The van der Waals surface area contributed by atoms with E-state index in [9.17, 15) is 5.21 Å². The van der Waals surface area contributed by atoms with Crippen LogP contribution in [0.3, 0.4) is 0 Å². The summed E-state index contributed by atoms with van der Waals surface area (Å²) in [5, 5.41) is 18.9. The third-order valence-electron chi connectivity index (χ3n) is 1.36. The molecule has 0 heterocycles. The lowest BCUT2D eigenvalue weighted by atomic mass is 10.3. The van der Waals surface area contributed by atoms with Crippen molar-refractivity contribution in [2.75, 3.05) is 12.3 Å². The van der Waals surface area contributed by atoms with Gasteiger partial charge in [0.1, 0.15) is 5.75 Å². The second kappa shape index (κ2) is 3.75. The van der Waals surface area contributed by atoms with Crippen LogP contribution in [0, 0.1) is 5.21 Å². The molecule has 0 saturated heterocycles. The molecule has 0 radical (unpaired) electrons. The molecular weight excluding hydrogens is 226 g/mol. The van der Waals surface area contributed by atoms with Crippen molar-refractivity contribution in [3.8, 4) is 5.75 Å². The minimum Gasteiger partial charge on any atom is -0.733 e. The molecule has 5 heteroatoms. The SMILES string of the molecule is COc1ccc(Br)c(N([O-])O)c1. The zero-order valence-electron chi connectivity index (χ0n) is 6.32. The molecule has 0 aliphatic carbocycles. The highest BCUT2D eigenvalue weighted by molar-refractivity contribution is 9.10. The second-order valence-electron chi connectivity index (χ2n) is 2.09. The zero-order valence-corrected chi connectivity index (χ0v) is 7.91. The molecule has 1 aromatic carbocycles. The summed E-state index contributed by atoms with van der Waals surface area (Å²) in [7, 11) is 1.49. The predicted octanol–water partition coefficient (Wildman–Crippen LogP) is 2.15. The Labute approximate surface area is 78.0 Å². The molecule has 0 fully saturated rings. The van der Waals surface area contributed by atoms with Crippen molar-refractivity contribution in [3.05, 3.63) is 27.9 Å². The molecule has 0 amide bonds. The smallest absolute Gasteiger partial charge is 0.121 e. The Balaban J connectivity index is 3.08. The predicted molar refractivity (Wildman–Crippen MR) is 48.3 cm³/mol. The van der Waals surface area contributed by atoms with Crippen molar-refractivity contribution in [1.29, 1.82) is 0 Å². The van der Waals surface area contributed by atoms with Gasteiger partial charge in [0.15, 0.2) is 0 Å². The number of hydrogen-bond donors (Lipinski definition) is 1. The van der Waals surface area contributed by atoms with Gasteiger partial charge in [-0.15, -0.1) is 0 Å². The summed E-state index contributed by atoms with van der Waals surface area (Å²) < 4.78 is 5.38. The van der Waals surface area contributed by atoms with Gasteiger partial charge in [0.25, 0.3) is 0 Å². The maximum absolute atomic E-state index is 10.5. The van der Waals surface area contributed by atoms with Crippen LogP contribution in [-0.2, 0) is 0 Å². The molecule has 0 unspecified atom stereocenters. The largest absolute Gasteiger partial charge is 0.733 e. The minimum atomic E-state index is -0.216. The fourth-order valence-electron chi connectivity index (χ4n) is 0.766. The molecule has 12 heavy (non-hydrogen) atoms. The summed E-state index contributed by atoms with van der Waals surface area (Å²) in [6.45, 7) is 0. The van der Waals surface area contributed by atoms with Gasteiger partial charge in [-0.1, -0.05) is 0 Å². The van der Waals surface area contributed by atoms with Crippen LogP contribution in [-0.4, -0.2) is 12.3 Å². The summed E-state index contributed by atoms with van der Waals surface area (Å²) in [5.41, 5.74) is 0.120. The van der Waals surface area contributed by atoms with Crippen LogP contribution < -0.4 is 9.96 Å². The Hall–Kier alpha value is -0.780. The number of hydrogen-bond acceptors (Lipinski definition) is 4. The van der Waals surface area contributed by atoms with E-state index in [1.807, 2.05) is 0 Å². The molecule has 0 aliphatic heterocycles. The summed E-state index contributed by atoms with van der Waals surface area (Å²) in [6, 6.07) is 4.73. The molecular formula is C7H7BrNO3-. The van der Waals surface area contributed by atoms with Crippen molar-refractivity contribution in [3.63, 3.8) is 0 Å². The third kappa shape index (κ3) is 1.88. The van der Waals surface area contributed by atoms with Crippen molar-refractivity contribution < 1.29 is 9.94 Å². The van der Waals surface area contributed by atoms with Crippen LogP contribution in [0.4, 0.5) is 5.69 Å². The first-order valence-electron chi connectivity index (χ1n) is 3.15. The van der Waals surface area contributed by atoms with Gasteiger partial charge in [0.05, 0.1) is 12.8 Å². The molecule has 0 aliphatic rings.